The summed E-state index contributed by atoms with van der Waals surface area (Å²) in [4.78, 5) is 2.51. The molecule has 0 spiro atoms. The minimum atomic E-state index is 0.494. The number of nitrogens with two attached hydrogens (primary N) is 1. The summed E-state index contributed by atoms with van der Waals surface area (Å²) in [6.07, 6.45) is 2.47. The summed E-state index contributed by atoms with van der Waals surface area (Å²) in [6, 6.07) is 19.8. The van der Waals surface area contributed by atoms with E-state index in [2.05, 4.69) is 59.5 Å². The van der Waals surface area contributed by atoms with Gasteiger partial charge < -0.3 is 10.6 Å². The van der Waals surface area contributed by atoms with Crippen molar-refractivity contribution in [3.05, 3.63) is 65.7 Å². The first kappa shape index (κ1) is 12.2. The lowest BCUT2D eigenvalue weighted by atomic mass is 10.0. The summed E-state index contributed by atoms with van der Waals surface area (Å²) in [5.41, 5.74) is 9.83. The van der Waals surface area contributed by atoms with Crippen LogP contribution in [-0.2, 0) is 6.54 Å². The minimum absolute atomic E-state index is 0.494. The van der Waals surface area contributed by atoms with Crippen LogP contribution in [0.5, 0.6) is 0 Å². The molecule has 2 aromatic carbocycles. The van der Waals surface area contributed by atoms with Crippen LogP contribution in [0.25, 0.3) is 0 Å². The quantitative estimate of drug-likeness (QED) is 0.906. The second-order valence-electron chi connectivity index (χ2n) is 5.09. The third-order valence-electron chi connectivity index (χ3n) is 3.96. The van der Waals surface area contributed by atoms with Gasteiger partial charge in [0.15, 0.2) is 0 Å². The molecule has 2 aromatic rings. The Morgan fingerprint density at radius 1 is 1.00 bits per heavy atom. The molecule has 98 valence electrons. The SMILES string of the molecule is NCc1ccccc1N1CCCC1c1ccccc1. The van der Waals surface area contributed by atoms with Crippen LogP contribution in [0.2, 0.25) is 0 Å². The molecule has 0 aromatic heterocycles. The van der Waals surface area contributed by atoms with E-state index in [0.717, 1.165) is 6.54 Å². The molecule has 1 saturated heterocycles. The van der Waals surface area contributed by atoms with Crippen LogP contribution in [0, 0.1) is 0 Å². The second kappa shape index (κ2) is 5.45. The van der Waals surface area contributed by atoms with Gasteiger partial charge in [-0.15, -0.1) is 0 Å². The molecular formula is C17H20N2. The average Bonchev–Trinajstić information content (AvgIpc) is 2.97. The van der Waals surface area contributed by atoms with Gasteiger partial charge in [-0.05, 0) is 30.0 Å². The molecule has 1 aliphatic rings. The van der Waals surface area contributed by atoms with Crippen molar-refractivity contribution in [2.75, 3.05) is 11.4 Å². The van der Waals surface area contributed by atoms with E-state index < -0.39 is 0 Å². The van der Waals surface area contributed by atoms with Gasteiger partial charge in [0.05, 0.1) is 6.04 Å². The van der Waals surface area contributed by atoms with E-state index >= 15 is 0 Å². The molecule has 0 aliphatic carbocycles. The van der Waals surface area contributed by atoms with Crippen molar-refractivity contribution >= 4 is 5.69 Å². The summed E-state index contributed by atoms with van der Waals surface area (Å²) >= 11 is 0. The molecule has 2 heteroatoms. The Labute approximate surface area is 114 Å². The first-order valence-corrected chi connectivity index (χ1v) is 6.99. The van der Waals surface area contributed by atoms with Crippen LogP contribution in [-0.4, -0.2) is 6.54 Å². The van der Waals surface area contributed by atoms with Gasteiger partial charge in [-0.3, -0.25) is 0 Å². The Morgan fingerprint density at radius 3 is 2.53 bits per heavy atom. The normalized spacial score (nSPS) is 18.8. The fraction of sp³-hybridized carbons (Fsp3) is 0.294. The maximum Gasteiger partial charge on any atom is 0.0543 e. The standard InChI is InChI=1S/C17H20N2/c18-13-15-9-4-5-10-17(15)19-12-6-11-16(19)14-7-2-1-3-8-14/h1-5,7-10,16H,6,11-13,18H2. The third kappa shape index (κ3) is 2.36. The Bertz CT molecular complexity index is 536. The van der Waals surface area contributed by atoms with E-state index in [1.165, 1.54) is 29.7 Å². The van der Waals surface area contributed by atoms with Crippen LogP contribution in [0.1, 0.15) is 30.0 Å². The lowest BCUT2D eigenvalue weighted by molar-refractivity contribution is 0.716. The van der Waals surface area contributed by atoms with Crippen molar-refractivity contribution in [1.29, 1.82) is 0 Å². The largest absolute Gasteiger partial charge is 0.364 e. The summed E-state index contributed by atoms with van der Waals surface area (Å²) in [5, 5.41) is 0. The fourth-order valence-corrected chi connectivity index (χ4v) is 3.04. The van der Waals surface area contributed by atoms with Crippen molar-refractivity contribution in [3.63, 3.8) is 0 Å². The number of nitrogens with zero attached hydrogens (tertiary/aromatic N) is 1. The Balaban J connectivity index is 1.95. The molecule has 0 amide bonds. The minimum Gasteiger partial charge on any atom is -0.364 e. The molecule has 1 fully saturated rings. The topological polar surface area (TPSA) is 29.3 Å². The zero-order chi connectivity index (χ0) is 13.1. The molecule has 3 rings (SSSR count). The lowest BCUT2D eigenvalue weighted by Gasteiger charge is -2.29. The van der Waals surface area contributed by atoms with Crippen LogP contribution < -0.4 is 10.6 Å². The van der Waals surface area contributed by atoms with Gasteiger partial charge in [-0.2, -0.15) is 0 Å². The van der Waals surface area contributed by atoms with E-state index in [1.807, 2.05) is 0 Å². The van der Waals surface area contributed by atoms with Crippen molar-refractivity contribution in [2.24, 2.45) is 5.73 Å². The fourth-order valence-electron chi connectivity index (χ4n) is 3.04. The van der Waals surface area contributed by atoms with Gasteiger partial charge in [0.1, 0.15) is 0 Å². The number of para-hydroxylation sites is 1. The van der Waals surface area contributed by atoms with Gasteiger partial charge >= 0.3 is 0 Å². The van der Waals surface area contributed by atoms with Crippen molar-refractivity contribution in [1.82, 2.24) is 0 Å². The summed E-state index contributed by atoms with van der Waals surface area (Å²) < 4.78 is 0. The van der Waals surface area contributed by atoms with E-state index in [9.17, 15) is 0 Å². The molecule has 2 nitrogen and oxygen atoms in total. The predicted molar refractivity (Wildman–Crippen MR) is 80.1 cm³/mol. The molecule has 1 atom stereocenters. The zero-order valence-electron chi connectivity index (χ0n) is 11.1. The summed E-state index contributed by atoms with van der Waals surface area (Å²) in [7, 11) is 0. The number of benzene rings is 2. The van der Waals surface area contributed by atoms with Crippen molar-refractivity contribution in [3.8, 4) is 0 Å². The third-order valence-corrected chi connectivity index (χ3v) is 3.96. The first-order chi connectivity index (χ1) is 9.40. The number of hydrogen-bond acceptors (Lipinski definition) is 2. The predicted octanol–water partition coefficient (Wildman–Crippen LogP) is 3.49. The van der Waals surface area contributed by atoms with Gasteiger partial charge in [0.25, 0.3) is 0 Å². The van der Waals surface area contributed by atoms with Crippen LogP contribution in [0.4, 0.5) is 5.69 Å². The maximum absolute atomic E-state index is 5.88. The number of hydrogen-bond donors (Lipinski definition) is 1. The van der Waals surface area contributed by atoms with Crippen molar-refractivity contribution in [2.45, 2.75) is 25.4 Å². The number of anilines is 1. The van der Waals surface area contributed by atoms with E-state index in [4.69, 9.17) is 5.73 Å². The molecule has 1 heterocycles. The zero-order valence-corrected chi connectivity index (χ0v) is 11.1. The van der Waals surface area contributed by atoms with Crippen LogP contribution in [0.3, 0.4) is 0 Å². The molecule has 0 saturated carbocycles. The van der Waals surface area contributed by atoms with E-state index in [1.54, 1.807) is 0 Å². The monoisotopic (exact) mass is 252 g/mol. The van der Waals surface area contributed by atoms with E-state index in [0.29, 0.717) is 12.6 Å². The highest BCUT2D eigenvalue weighted by Crippen LogP contribution is 2.37. The highest BCUT2D eigenvalue weighted by Gasteiger charge is 2.26. The van der Waals surface area contributed by atoms with Gasteiger partial charge in [0.2, 0.25) is 0 Å². The molecular weight excluding hydrogens is 232 g/mol. The molecule has 0 radical (unpaired) electrons. The first-order valence-electron chi connectivity index (χ1n) is 6.99. The second-order valence-corrected chi connectivity index (χ2v) is 5.09. The Morgan fingerprint density at radius 2 is 1.74 bits per heavy atom. The highest BCUT2D eigenvalue weighted by atomic mass is 15.2. The molecule has 1 unspecified atom stereocenters. The Kier molecular flexibility index (Phi) is 3.51. The van der Waals surface area contributed by atoms with Crippen LogP contribution >= 0.6 is 0 Å². The molecule has 1 aliphatic heterocycles. The summed E-state index contributed by atoms with van der Waals surface area (Å²) in [6.45, 7) is 1.73. The highest BCUT2D eigenvalue weighted by molar-refractivity contribution is 5.56. The number of rotatable bonds is 3. The van der Waals surface area contributed by atoms with Crippen molar-refractivity contribution < 1.29 is 0 Å². The molecule has 2 N–H and O–H groups in total. The summed E-state index contributed by atoms with van der Waals surface area (Å²) in [5.74, 6) is 0. The lowest BCUT2D eigenvalue weighted by Crippen LogP contribution is -2.24. The smallest absolute Gasteiger partial charge is 0.0543 e. The maximum atomic E-state index is 5.88. The van der Waals surface area contributed by atoms with E-state index in [-0.39, 0.29) is 0 Å². The molecule has 0 bridgehead atoms. The average molecular weight is 252 g/mol. The van der Waals surface area contributed by atoms with Gasteiger partial charge in [-0.1, -0.05) is 48.5 Å². The van der Waals surface area contributed by atoms with Gasteiger partial charge in [0, 0.05) is 18.8 Å². The van der Waals surface area contributed by atoms with Gasteiger partial charge in [-0.25, -0.2) is 0 Å². The van der Waals surface area contributed by atoms with Crippen LogP contribution in [0.15, 0.2) is 54.6 Å². The Hall–Kier alpha value is -1.80. The molecule has 19 heavy (non-hydrogen) atoms.